The van der Waals surface area contributed by atoms with Gasteiger partial charge in [0.1, 0.15) is 5.75 Å². The predicted octanol–water partition coefficient (Wildman–Crippen LogP) is 5.07. The Morgan fingerprint density at radius 1 is 0.926 bits per heavy atom. The zero-order valence-corrected chi connectivity index (χ0v) is 15.6. The number of benzene rings is 3. The first-order valence-corrected chi connectivity index (χ1v) is 9.37. The summed E-state index contributed by atoms with van der Waals surface area (Å²) >= 11 is 0. The van der Waals surface area contributed by atoms with Crippen molar-refractivity contribution in [1.29, 1.82) is 0 Å². The summed E-state index contributed by atoms with van der Waals surface area (Å²) in [5.41, 5.74) is 5.05. The van der Waals surface area contributed by atoms with Gasteiger partial charge >= 0.3 is 0 Å². The number of rotatable bonds is 3. The summed E-state index contributed by atoms with van der Waals surface area (Å²) in [6, 6.07) is 27.5. The number of aryl methyl sites for hydroxylation is 1. The van der Waals surface area contributed by atoms with Crippen molar-refractivity contribution in [2.75, 3.05) is 12.0 Å². The summed E-state index contributed by atoms with van der Waals surface area (Å²) in [6.07, 6.45) is 2.12. The van der Waals surface area contributed by atoms with Gasteiger partial charge in [0.25, 0.3) is 0 Å². The molecule has 0 fully saturated rings. The second-order valence-electron chi connectivity index (χ2n) is 6.79. The molecule has 134 valence electrons. The summed E-state index contributed by atoms with van der Waals surface area (Å²) < 4.78 is 5.23. The standard InChI is InChI=1S/C25H23NO/c1-27-24-17-12-20(13-18-24)11-15-23-16-14-22-9-5-6-10-25(22)26(23)19-21-7-3-2-4-8-21/h2-10,12-13,17-18,23H,14,16,19H2,1H3. The third-order valence-electron chi connectivity index (χ3n) is 5.03. The molecule has 3 aromatic carbocycles. The lowest BCUT2D eigenvalue weighted by molar-refractivity contribution is 0.415. The highest BCUT2D eigenvalue weighted by atomic mass is 16.5. The molecular formula is C25H23NO. The Balaban J connectivity index is 1.63. The molecule has 0 aliphatic carbocycles. The van der Waals surface area contributed by atoms with Crippen LogP contribution in [0.5, 0.6) is 5.75 Å². The fourth-order valence-corrected chi connectivity index (χ4v) is 3.58. The fraction of sp³-hybridized carbons (Fsp3) is 0.200. The van der Waals surface area contributed by atoms with Gasteiger partial charge in [-0.15, -0.1) is 0 Å². The van der Waals surface area contributed by atoms with E-state index >= 15 is 0 Å². The largest absolute Gasteiger partial charge is 0.497 e. The van der Waals surface area contributed by atoms with Crippen LogP contribution in [0, 0.1) is 11.8 Å². The molecule has 1 aliphatic rings. The first-order chi connectivity index (χ1) is 13.3. The average Bonchev–Trinajstić information content (AvgIpc) is 2.74. The lowest BCUT2D eigenvalue weighted by Crippen LogP contribution is -2.38. The van der Waals surface area contributed by atoms with Crippen molar-refractivity contribution in [2.24, 2.45) is 0 Å². The molecular weight excluding hydrogens is 330 g/mol. The molecule has 2 nitrogen and oxygen atoms in total. The summed E-state index contributed by atoms with van der Waals surface area (Å²) in [6.45, 7) is 0.875. The normalized spacial score (nSPS) is 15.4. The number of fused-ring (bicyclic) bond motifs is 1. The molecule has 1 unspecified atom stereocenters. The highest BCUT2D eigenvalue weighted by Gasteiger charge is 2.24. The molecule has 2 heteroatoms. The Kier molecular flexibility index (Phi) is 5.12. The fourth-order valence-electron chi connectivity index (χ4n) is 3.58. The van der Waals surface area contributed by atoms with Crippen LogP contribution >= 0.6 is 0 Å². The molecule has 27 heavy (non-hydrogen) atoms. The SMILES string of the molecule is COc1ccc(C#CC2CCc3ccccc3N2Cc2ccccc2)cc1. The van der Waals surface area contributed by atoms with Crippen LogP contribution in [-0.2, 0) is 13.0 Å². The van der Waals surface area contributed by atoms with Crippen molar-refractivity contribution < 1.29 is 4.74 Å². The van der Waals surface area contributed by atoms with E-state index in [1.165, 1.54) is 16.8 Å². The number of methoxy groups -OCH3 is 1. The van der Waals surface area contributed by atoms with E-state index in [9.17, 15) is 0 Å². The minimum atomic E-state index is 0.210. The lowest BCUT2D eigenvalue weighted by Gasteiger charge is -2.36. The molecule has 1 heterocycles. The molecule has 0 spiro atoms. The molecule has 0 saturated heterocycles. The molecule has 0 amide bonds. The van der Waals surface area contributed by atoms with Crippen molar-refractivity contribution in [3.05, 3.63) is 95.6 Å². The maximum Gasteiger partial charge on any atom is 0.118 e. The lowest BCUT2D eigenvalue weighted by atomic mass is 9.95. The van der Waals surface area contributed by atoms with Crippen LogP contribution in [0.15, 0.2) is 78.9 Å². The molecule has 0 aromatic heterocycles. The topological polar surface area (TPSA) is 12.5 Å². The Labute approximate surface area is 161 Å². The van der Waals surface area contributed by atoms with Gasteiger partial charge in [-0.05, 0) is 54.3 Å². The average molecular weight is 353 g/mol. The third-order valence-corrected chi connectivity index (χ3v) is 5.03. The molecule has 4 rings (SSSR count). The maximum absolute atomic E-state index is 5.23. The Morgan fingerprint density at radius 2 is 1.67 bits per heavy atom. The van der Waals surface area contributed by atoms with E-state index in [1.54, 1.807) is 7.11 Å². The summed E-state index contributed by atoms with van der Waals surface area (Å²) in [5, 5.41) is 0. The van der Waals surface area contributed by atoms with Crippen molar-refractivity contribution in [3.8, 4) is 17.6 Å². The third kappa shape index (κ3) is 3.99. The first kappa shape index (κ1) is 17.2. The molecule has 1 atom stereocenters. The summed E-state index contributed by atoms with van der Waals surface area (Å²) in [5.74, 6) is 7.75. The second-order valence-corrected chi connectivity index (χ2v) is 6.79. The molecule has 0 saturated carbocycles. The van der Waals surface area contributed by atoms with Gasteiger partial charge in [-0.3, -0.25) is 0 Å². The zero-order valence-electron chi connectivity index (χ0n) is 15.6. The van der Waals surface area contributed by atoms with Crippen LogP contribution in [0.25, 0.3) is 0 Å². The van der Waals surface area contributed by atoms with Gasteiger partial charge in [0.2, 0.25) is 0 Å². The van der Waals surface area contributed by atoms with Crippen LogP contribution in [-0.4, -0.2) is 13.2 Å². The van der Waals surface area contributed by atoms with Crippen LogP contribution in [0.3, 0.4) is 0 Å². The van der Waals surface area contributed by atoms with E-state index < -0.39 is 0 Å². The monoisotopic (exact) mass is 353 g/mol. The van der Waals surface area contributed by atoms with E-state index in [-0.39, 0.29) is 6.04 Å². The van der Waals surface area contributed by atoms with E-state index in [2.05, 4.69) is 71.3 Å². The minimum absolute atomic E-state index is 0.210. The van der Waals surface area contributed by atoms with Gasteiger partial charge in [0.05, 0.1) is 13.2 Å². The Hall–Kier alpha value is -3.18. The van der Waals surface area contributed by atoms with E-state index in [0.717, 1.165) is 30.7 Å². The van der Waals surface area contributed by atoms with Gasteiger partial charge in [0.15, 0.2) is 0 Å². The molecule has 0 radical (unpaired) electrons. The van der Waals surface area contributed by atoms with Crippen molar-refractivity contribution in [2.45, 2.75) is 25.4 Å². The number of hydrogen-bond donors (Lipinski definition) is 0. The molecule has 0 N–H and O–H groups in total. The van der Waals surface area contributed by atoms with Crippen LogP contribution in [0.1, 0.15) is 23.1 Å². The summed E-state index contributed by atoms with van der Waals surface area (Å²) in [4.78, 5) is 2.45. The van der Waals surface area contributed by atoms with E-state index in [4.69, 9.17) is 4.74 Å². The predicted molar refractivity (Wildman–Crippen MR) is 111 cm³/mol. The van der Waals surface area contributed by atoms with Gasteiger partial charge in [-0.2, -0.15) is 0 Å². The zero-order chi connectivity index (χ0) is 18.5. The second kappa shape index (κ2) is 8.01. The highest BCUT2D eigenvalue weighted by molar-refractivity contribution is 5.59. The van der Waals surface area contributed by atoms with Crippen molar-refractivity contribution in [3.63, 3.8) is 0 Å². The van der Waals surface area contributed by atoms with E-state index in [0.29, 0.717) is 0 Å². The highest BCUT2D eigenvalue weighted by Crippen LogP contribution is 2.31. The number of ether oxygens (including phenoxy) is 1. The minimum Gasteiger partial charge on any atom is -0.497 e. The summed E-state index contributed by atoms with van der Waals surface area (Å²) in [7, 11) is 1.68. The van der Waals surface area contributed by atoms with Gasteiger partial charge in [-0.25, -0.2) is 0 Å². The van der Waals surface area contributed by atoms with Gasteiger partial charge < -0.3 is 9.64 Å². The van der Waals surface area contributed by atoms with Gasteiger partial charge in [-0.1, -0.05) is 60.4 Å². The number of hydrogen-bond acceptors (Lipinski definition) is 2. The van der Waals surface area contributed by atoms with Crippen molar-refractivity contribution in [1.82, 2.24) is 0 Å². The Bertz CT molecular complexity index is 951. The maximum atomic E-state index is 5.23. The van der Waals surface area contributed by atoms with Crippen LogP contribution in [0.2, 0.25) is 0 Å². The van der Waals surface area contributed by atoms with Crippen LogP contribution < -0.4 is 9.64 Å². The van der Waals surface area contributed by atoms with Crippen molar-refractivity contribution >= 4 is 5.69 Å². The van der Waals surface area contributed by atoms with E-state index in [1.807, 2.05) is 24.3 Å². The molecule has 0 bridgehead atoms. The van der Waals surface area contributed by atoms with Gasteiger partial charge in [0, 0.05) is 17.8 Å². The smallest absolute Gasteiger partial charge is 0.118 e. The first-order valence-electron chi connectivity index (χ1n) is 9.37. The number of anilines is 1. The quantitative estimate of drug-likeness (QED) is 0.610. The number of nitrogens with zero attached hydrogens (tertiary/aromatic N) is 1. The Morgan fingerprint density at radius 3 is 2.44 bits per heavy atom. The molecule has 3 aromatic rings. The molecule has 1 aliphatic heterocycles. The number of para-hydroxylation sites is 1. The van der Waals surface area contributed by atoms with Crippen LogP contribution in [0.4, 0.5) is 5.69 Å².